The number of rotatable bonds is 5. The third-order valence-corrected chi connectivity index (χ3v) is 3.54. The standard InChI is InChI=1S/C14H19NO3/c1-10-12(14(17)15-13(10)7-16)9-18-8-11-5-3-2-4-6-11/h2-6,10,12-13,16H,7-9H2,1H3,(H,15,17)/t10-,12+,13-/m1/s1. The van der Waals surface area contributed by atoms with Crippen molar-refractivity contribution in [3.05, 3.63) is 35.9 Å². The van der Waals surface area contributed by atoms with E-state index in [1.165, 1.54) is 0 Å². The number of carbonyl (C=O) groups excluding carboxylic acids is 1. The van der Waals surface area contributed by atoms with E-state index in [0.717, 1.165) is 5.56 Å². The number of hydrogen-bond donors (Lipinski definition) is 2. The maximum absolute atomic E-state index is 11.7. The van der Waals surface area contributed by atoms with Crippen molar-refractivity contribution in [3.63, 3.8) is 0 Å². The van der Waals surface area contributed by atoms with Crippen molar-refractivity contribution in [2.45, 2.75) is 19.6 Å². The van der Waals surface area contributed by atoms with Crippen LogP contribution in [-0.2, 0) is 16.1 Å². The lowest BCUT2D eigenvalue weighted by Crippen LogP contribution is -2.31. The highest BCUT2D eigenvalue weighted by Crippen LogP contribution is 2.23. The first-order valence-electron chi connectivity index (χ1n) is 6.25. The molecule has 3 atom stereocenters. The van der Waals surface area contributed by atoms with Crippen molar-refractivity contribution in [1.29, 1.82) is 0 Å². The fourth-order valence-electron chi connectivity index (χ4n) is 2.26. The van der Waals surface area contributed by atoms with Crippen LogP contribution in [-0.4, -0.2) is 30.3 Å². The van der Waals surface area contributed by atoms with Crippen molar-refractivity contribution in [3.8, 4) is 0 Å². The molecular weight excluding hydrogens is 230 g/mol. The topological polar surface area (TPSA) is 58.6 Å². The summed E-state index contributed by atoms with van der Waals surface area (Å²) in [6.45, 7) is 2.87. The van der Waals surface area contributed by atoms with Gasteiger partial charge in [0.25, 0.3) is 0 Å². The van der Waals surface area contributed by atoms with Gasteiger partial charge in [0.05, 0.1) is 31.8 Å². The number of hydrogen-bond acceptors (Lipinski definition) is 3. The predicted molar refractivity (Wildman–Crippen MR) is 67.8 cm³/mol. The van der Waals surface area contributed by atoms with Crippen LogP contribution in [0.3, 0.4) is 0 Å². The largest absolute Gasteiger partial charge is 0.394 e. The van der Waals surface area contributed by atoms with E-state index in [4.69, 9.17) is 9.84 Å². The molecular formula is C14H19NO3. The number of nitrogens with one attached hydrogen (secondary N) is 1. The highest BCUT2D eigenvalue weighted by molar-refractivity contribution is 5.81. The van der Waals surface area contributed by atoms with Gasteiger partial charge in [-0.3, -0.25) is 4.79 Å². The molecule has 1 aromatic carbocycles. The van der Waals surface area contributed by atoms with Crippen LogP contribution >= 0.6 is 0 Å². The second kappa shape index (κ2) is 5.98. The van der Waals surface area contributed by atoms with Gasteiger partial charge in [-0.05, 0) is 11.5 Å². The molecule has 0 bridgehead atoms. The van der Waals surface area contributed by atoms with Crippen LogP contribution in [0.2, 0.25) is 0 Å². The van der Waals surface area contributed by atoms with Crippen molar-refractivity contribution >= 4 is 5.91 Å². The summed E-state index contributed by atoms with van der Waals surface area (Å²) in [5, 5.41) is 11.9. The molecule has 0 aromatic heterocycles. The first kappa shape index (κ1) is 13.1. The normalized spacial score (nSPS) is 27.2. The molecule has 1 aliphatic rings. The molecule has 1 heterocycles. The Morgan fingerprint density at radius 3 is 2.67 bits per heavy atom. The molecule has 0 aliphatic carbocycles. The number of aliphatic hydroxyl groups excluding tert-OH is 1. The van der Waals surface area contributed by atoms with Crippen LogP contribution < -0.4 is 5.32 Å². The minimum atomic E-state index is -0.161. The quantitative estimate of drug-likeness (QED) is 0.816. The van der Waals surface area contributed by atoms with Gasteiger partial charge in [0.1, 0.15) is 0 Å². The number of benzene rings is 1. The Hall–Kier alpha value is -1.39. The number of amides is 1. The van der Waals surface area contributed by atoms with Crippen LogP contribution in [0.15, 0.2) is 30.3 Å². The lowest BCUT2D eigenvalue weighted by Gasteiger charge is -2.16. The molecule has 18 heavy (non-hydrogen) atoms. The highest BCUT2D eigenvalue weighted by atomic mass is 16.5. The summed E-state index contributed by atoms with van der Waals surface area (Å²) in [4.78, 5) is 11.7. The fraction of sp³-hybridized carbons (Fsp3) is 0.500. The Morgan fingerprint density at radius 2 is 2.06 bits per heavy atom. The van der Waals surface area contributed by atoms with Gasteiger partial charge in [0, 0.05) is 0 Å². The first-order chi connectivity index (χ1) is 8.72. The van der Waals surface area contributed by atoms with Crippen LogP contribution in [0, 0.1) is 11.8 Å². The number of aliphatic hydroxyl groups is 1. The van der Waals surface area contributed by atoms with Gasteiger partial charge in [0.15, 0.2) is 0 Å². The van der Waals surface area contributed by atoms with Crippen molar-refractivity contribution < 1.29 is 14.6 Å². The maximum Gasteiger partial charge on any atom is 0.226 e. The Balaban J connectivity index is 1.82. The van der Waals surface area contributed by atoms with Gasteiger partial charge in [-0.25, -0.2) is 0 Å². The Labute approximate surface area is 107 Å². The van der Waals surface area contributed by atoms with Crippen LogP contribution in [0.1, 0.15) is 12.5 Å². The van der Waals surface area contributed by atoms with Gasteiger partial charge in [-0.15, -0.1) is 0 Å². The molecule has 4 heteroatoms. The van der Waals surface area contributed by atoms with Crippen molar-refractivity contribution in [2.75, 3.05) is 13.2 Å². The zero-order valence-electron chi connectivity index (χ0n) is 10.5. The van der Waals surface area contributed by atoms with E-state index < -0.39 is 0 Å². The molecule has 1 aromatic rings. The second-order valence-corrected chi connectivity index (χ2v) is 4.76. The van der Waals surface area contributed by atoms with Gasteiger partial charge in [0.2, 0.25) is 5.91 Å². The van der Waals surface area contributed by atoms with E-state index in [-0.39, 0.29) is 30.4 Å². The molecule has 0 saturated carbocycles. The second-order valence-electron chi connectivity index (χ2n) is 4.76. The summed E-state index contributed by atoms with van der Waals surface area (Å²) >= 11 is 0. The minimum Gasteiger partial charge on any atom is -0.394 e. The Bertz CT molecular complexity index is 393. The van der Waals surface area contributed by atoms with E-state index in [1.807, 2.05) is 37.3 Å². The summed E-state index contributed by atoms with van der Waals surface area (Å²) in [5.74, 6) is -0.0706. The number of carbonyl (C=O) groups is 1. The third-order valence-electron chi connectivity index (χ3n) is 3.54. The monoisotopic (exact) mass is 249 g/mol. The molecule has 4 nitrogen and oxygen atoms in total. The lowest BCUT2D eigenvalue weighted by atomic mass is 9.93. The molecule has 0 unspecified atom stereocenters. The fourth-order valence-corrected chi connectivity index (χ4v) is 2.26. The molecule has 0 radical (unpaired) electrons. The van der Waals surface area contributed by atoms with Gasteiger partial charge >= 0.3 is 0 Å². The zero-order valence-corrected chi connectivity index (χ0v) is 10.5. The van der Waals surface area contributed by atoms with E-state index in [1.54, 1.807) is 0 Å². The van der Waals surface area contributed by atoms with E-state index in [0.29, 0.717) is 13.2 Å². The third kappa shape index (κ3) is 2.89. The first-order valence-corrected chi connectivity index (χ1v) is 6.25. The average Bonchev–Trinajstić information content (AvgIpc) is 2.67. The molecule has 1 aliphatic heterocycles. The van der Waals surface area contributed by atoms with E-state index in [2.05, 4.69) is 5.32 Å². The van der Waals surface area contributed by atoms with Gasteiger partial charge in [-0.1, -0.05) is 37.3 Å². The maximum atomic E-state index is 11.7. The lowest BCUT2D eigenvalue weighted by molar-refractivity contribution is -0.125. The molecule has 2 rings (SSSR count). The molecule has 1 amide bonds. The van der Waals surface area contributed by atoms with E-state index in [9.17, 15) is 4.79 Å². The highest BCUT2D eigenvalue weighted by Gasteiger charge is 2.38. The summed E-state index contributed by atoms with van der Waals surface area (Å²) < 4.78 is 5.59. The molecule has 1 fully saturated rings. The Morgan fingerprint density at radius 1 is 1.33 bits per heavy atom. The zero-order chi connectivity index (χ0) is 13.0. The number of ether oxygens (including phenoxy) is 1. The smallest absolute Gasteiger partial charge is 0.226 e. The van der Waals surface area contributed by atoms with E-state index >= 15 is 0 Å². The van der Waals surface area contributed by atoms with Gasteiger partial charge in [-0.2, -0.15) is 0 Å². The summed E-state index contributed by atoms with van der Waals surface area (Å²) in [5.41, 5.74) is 1.10. The van der Waals surface area contributed by atoms with Crippen LogP contribution in [0.4, 0.5) is 0 Å². The molecule has 0 spiro atoms. The average molecular weight is 249 g/mol. The van der Waals surface area contributed by atoms with Crippen molar-refractivity contribution in [2.24, 2.45) is 11.8 Å². The summed E-state index contributed by atoms with van der Waals surface area (Å²) in [6, 6.07) is 9.74. The van der Waals surface area contributed by atoms with Crippen molar-refractivity contribution in [1.82, 2.24) is 5.32 Å². The molecule has 2 N–H and O–H groups in total. The minimum absolute atomic E-state index is 0.0118. The summed E-state index contributed by atoms with van der Waals surface area (Å²) in [7, 11) is 0. The summed E-state index contributed by atoms with van der Waals surface area (Å²) in [6.07, 6.45) is 0. The van der Waals surface area contributed by atoms with Gasteiger partial charge < -0.3 is 15.2 Å². The van der Waals surface area contributed by atoms with Crippen LogP contribution in [0.25, 0.3) is 0 Å². The Kier molecular flexibility index (Phi) is 4.33. The SMILES string of the molecule is C[C@@H]1[C@H](COCc2ccccc2)C(=O)N[C@@H]1CO. The molecule has 98 valence electrons. The predicted octanol–water partition coefficient (Wildman–Crippen LogP) is 0.946. The van der Waals surface area contributed by atoms with Crippen LogP contribution in [0.5, 0.6) is 0 Å². The molecule has 1 saturated heterocycles.